The molecule has 1 rings (SSSR count). The maximum atomic E-state index is 11.8. The molecular formula is C10H15N3O5S2. The molecule has 0 radical (unpaired) electrons. The fourth-order valence-electron chi connectivity index (χ4n) is 1.39. The molecule has 8 nitrogen and oxygen atoms in total. The van der Waals surface area contributed by atoms with E-state index in [0.29, 0.717) is 0 Å². The van der Waals surface area contributed by atoms with E-state index in [1.807, 2.05) is 0 Å². The number of aromatic nitrogens is 1. The number of amides is 1. The van der Waals surface area contributed by atoms with Gasteiger partial charge in [-0.05, 0) is 13.8 Å². The van der Waals surface area contributed by atoms with Gasteiger partial charge in [0.05, 0.1) is 6.26 Å². The van der Waals surface area contributed by atoms with Crippen LogP contribution in [0.1, 0.15) is 34.1 Å². The van der Waals surface area contributed by atoms with Crippen LogP contribution in [0.3, 0.4) is 0 Å². The zero-order valence-corrected chi connectivity index (χ0v) is 12.8. The summed E-state index contributed by atoms with van der Waals surface area (Å²) in [6.07, 6.45) is 1.02. The van der Waals surface area contributed by atoms with Crippen LogP contribution in [-0.4, -0.2) is 48.7 Å². The third-order valence-electron chi connectivity index (χ3n) is 2.07. The van der Waals surface area contributed by atoms with Crippen molar-refractivity contribution in [3.05, 3.63) is 16.1 Å². The highest BCUT2D eigenvalue weighted by Gasteiger charge is 2.24. The van der Waals surface area contributed by atoms with E-state index < -0.39 is 27.4 Å². The molecule has 0 bridgehead atoms. The number of nitrogens with zero attached hydrogens (tertiary/aromatic N) is 1. The molecule has 112 valence electrons. The molecule has 1 aromatic heterocycles. The van der Waals surface area contributed by atoms with Crippen LogP contribution in [0.2, 0.25) is 0 Å². The number of carboxylic acid groups (broad SMARTS) is 1. The molecular weight excluding hydrogens is 306 g/mol. The van der Waals surface area contributed by atoms with Crippen molar-refractivity contribution in [2.45, 2.75) is 19.4 Å². The Morgan fingerprint density at radius 2 is 2.05 bits per heavy atom. The summed E-state index contributed by atoms with van der Waals surface area (Å²) in [4.78, 5) is 26.1. The van der Waals surface area contributed by atoms with Crippen LogP contribution in [0.25, 0.3) is 0 Å². The largest absolute Gasteiger partial charge is 0.476 e. The maximum absolute atomic E-state index is 11.8. The predicted octanol–water partition coefficient (Wildman–Crippen LogP) is -0.101. The minimum absolute atomic E-state index is 0.0116. The second-order valence-corrected chi connectivity index (χ2v) is 7.39. The number of rotatable bonds is 6. The second-order valence-electron chi connectivity index (χ2n) is 4.78. The Morgan fingerprint density at radius 3 is 2.50 bits per heavy atom. The number of carbonyl (C=O) groups is 2. The number of thiazole rings is 1. The van der Waals surface area contributed by atoms with Crippen LogP contribution in [0, 0.1) is 0 Å². The lowest BCUT2D eigenvalue weighted by atomic mass is 10.1. The molecule has 0 aromatic carbocycles. The molecule has 0 unspecified atom stereocenters. The van der Waals surface area contributed by atoms with Crippen LogP contribution in [0.15, 0.2) is 5.38 Å². The van der Waals surface area contributed by atoms with Crippen molar-refractivity contribution in [3.8, 4) is 0 Å². The van der Waals surface area contributed by atoms with E-state index in [-0.39, 0.29) is 17.2 Å². The van der Waals surface area contributed by atoms with Gasteiger partial charge in [0.2, 0.25) is 10.0 Å². The smallest absolute Gasteiger partial charge is 0.355 e. The first-order valence-corrected chi connectivity index (χ1v) is 8.23. The van der Waals surface area contributed by atoms with Crippen molar-refractivity contribution < 1.29 is 23.1 Å². The van der Waals surface area contributed by atoms with Crippen LogP contribution in [0.4, 0.5) is 0 Å². The van der Waals surface area contributed by atoms with Gasteiger partial charge in [-0.25, -0.2) is 22.9 Å². The summed E-state index contributed by atoms with van der Waals surface area (Å²) < 4.78 is 24.7. The molecule has 1 amide bonds. The average molecular weight is 321 g/mol. The van der Waals surface area contributed by atoms with Gasteiger partial charge in [-0.2, -0.15) is 0 Å². The molecule has 0 fully saturated rings. The first kappa shape index (κ1) is 16.5. The highest BCUT2D eigenvalue weighted by Crippen LogP contribution is 2.10. The van der Waals surface area contributed by atoms with Gasteiger partial charge in [0.1, 0.15) is 0 Å². The van der Waals surface area contributed by atoms with Gasteiger partial charge in [0.15, 0.2) is 10.7 Å². The van der Waals surface area contributed by atoms with E-state index >= 15 is 0 Å². The van der Waals surface area contributed by atoms with Gasteiger partial charge in [-0.3, -0.25) is 4.79 Å². The van der Waals surface area contributed by atoms with Crippen molar-refractivity contribution in [2.75, 3.05) is 12.8 Å². The molecule has 0 saturated carbocycles. The summed E-state index contributed by atoms with van der Waals surface area (Å²) in [6.45, 7) is 3.26. The van der Waals surface area contributed by atoms with Crippen LogP contribution in [-0.2, 0) is 10.0 Å². The van der Waals surface area contributed by atoms with Gasteiger partial charge in [-0.15, -0.1) is 11.3 Å². The fraction of sp³-hybridized carbons (Fsp3) is 0.500. The van der Waals surface area contributed by atoms with E-state index in [2.05, 4.69) is 15.0 Å². The van der Waals surface area contributed by atoms with E-state index in [9.17, 15) is 18.0 Å². The van der Waals surface area contributed by atoms with E-state index in [4.69, 9.17) is 5.11 Å². The average Bonchev–Trinajstić information content (AvgIpc) is 2.71. The predicted molar refractivity (Wildman–Crippen MR) is 73.5 cm³/mol. The highest BCUT2D eigenvalue weighted by molar-refractivity contribution is 7.88. The number of sulfonamides is 1. The quantitative estimate of drug-likeness (QED) is 0.672. The Kier molecular flexibility index (Phi) is 4.84. The van der Waals surface area contributed by atoms with Crippen LogP contribution >= 0.6 is 11.3 Å². The standard InChI is InChI=1S/C10H15N3O5S2/c1-10(2,13-20(3,17)18)5-11-7(14)8-12-6(4-19-8)9(15)16/h4,13H,5H2,1-3H3,(H,11,14)(H,15,16). The van der Waals surface area contributed by atoms with Crippen molar-refractivity contribution in [2.24, 2.45) is 0 Å². The lowest BCUT2D eigenvalue weighted by Gasteiger charge is -2.24. The summed E-state index contributed by atoms with van der Waals surface area (Å²) in [5.41, 5.74) is -1.07. The van der Waals surface area contributed by atoms with Crippen molar-refractivity contribution >= 4 is 33.2 Å². The third kappa shape index (κ3) is 5.23. The maximum Gasteiger partial charge on any atom is 0.355 e. The molecule has 0 atom stereocenters. The number of hydrogen-bond donors (Lipinski definition) is 3. The molecule has 20 heavy (non-hydrogen) atoms. The monoisotopic (exact) mass is 321 g/mol. The summed E-state index contributed by atoms with van der Waals surface area (Å²) in [5.74, 6) is -1.76. The Balaban J connectivity index is 2.64. The molecule has 0 aliphatic heterocycles. The lowest BCUT2D eigenvalue weighted by Crippen LogP contribution is -2.51. The van der Waals surface area contributed by atoms with Gasteiger partial charge in [-0.1, -0.05) is 0 Å². The molecule has 0 saturated heterocycles. The molecule has 3 N–H and O–H groups in total. The Morgan fingerprint density at radius 1 is 1.45 bits per heavy atom. The normalized spacial score (nSPS) is 12.2. The van der Waals surface area contributed by atoms with E-state index in [1.165, 1.54) is 5.38 Å². The number of carboxylic acids is 1. The molecule has 0 aliphatic rings. The first-order valence-electron chi connectivity index (χ1n) is 5.46. The van der Waals surface area contributed by atoms with Gasteiger partial charge in [0, 0.05) is 17.5 Å². The SMILES string of the molecule is CC(C)(CNC(=O)c1nc(C(=O)O)cs1)NS(C)(=O)=O. The molecule has 1 aromatic rings. The van der Waals surface area contributed by atoms with Crippen LogP contribution in [0.5, 0.6) is 0 Å². The zero-order valence-electron chi connectivity index (χ0n) is 11.1. The minimum atomic E-state index is -3.39. The van der Waals surface area contributed by atoms with Gasteiger partial charge < -0.3 is 10.4 Å². The zero-order chi connectivity index (χ0) is 15.6. The van der Waals surface area contributed by atoms with Gasteiger partial charge in [0.25, 0.3) is 5.91 Å². The second kappa shape index (κ2) is 5.85. The highest BCUT2D eigenvalue weighted by atomic mass is 32.2. The first-order chi connectivity index (χ1) is 9.00. The van der Waals surface area contributed by atoms with Crippen LogP contribution < -0.4 is 10.0 Å². The number of aromatic carboxylic acids is 1. The summed E-state index contributed by atoms with van der Waals surface area (Å²) in [5, 5.41) is 12.5. The molecule has 10 heteroatoms. The third-order valence-corrected chi connectivity index (χ3v) is 3.83. The Labute approximate surface area is 120 Å². The molecule has 0 spiro atoms. The molecule has 0 aliphatic carbocycles. The Bertz CT molecular complexity index is 621. The summed E-state index contributed by atoms with van der Waals surface area (Å²) >= 11 is 0.907. The number of hydrogen-bond acceptors (Lipinski definition) is 6. The van der Waals surface area contributed by atoms with Crippen molar-refractivity contribution in [3.63, 3.8) is 0 Å². The lowest BCUT2D eigenvalue weighted by molar-refractivity contribution is 0.0691. The van der Waals surface area contributed by atoms with Gasteiger partial charge >= 0.3 is 5.97 Å². The Hall–Kier alpha value is -1.52. The van der Waals surface area contributed by atoms with E-state index in [1.54, 1.807) is 13.8 Å². The van der Waals surface area contributed by atoms with Crippen molar-refractivity contribution in [1.29, 1.82) is 0 Å². The topological polar surface area (TPSA) is 125 Å². The number of carbonyl (C=O) groups excluding carboxylic acids is 1. The van der Waals surface area contributed by atoms with Crippen molar-refractivity contribution in [1.82, 2.24) is 15.0 Å². The molecule has 1 heterocycles. The summed E-state index contributed by atoms with van der Waals surface area (Å²) in [6, 6.07) is 0. The summed E-state index contributed by atoms with van der Waals surface area (Å²) in [7, 11) is -3.39. The number of nitrogens with one attached hydrogen (secondary N) is 2. The minimum Gasteiger partial charge on any atom is -0.476 e. The fourth-order valence-corrected chi connectivity index (χ4v) is 3.17. The van der Waals surface area contributed by atoms with E-state index in [0.717, 1.165) is 17.6 Å².